The van der Waals surface area contributed by atoms with Crippen LogP contribution < -0.4 is 0 Å². The number of carbonyl (C=O) groups is 1. The fourth-order valence-electron chi connectivity index (χ4n) is 0.979. The molecule has 2 nitrogen and oxygen atoms in total. The number of halogens is 1. The van der Waals surface area contributed by atoms with Crippen molar-refractivity contribution in [3.05, 3.63) is 34.3 Å². The number of aryl methyl sites for hydroxylation is 1. The summed E-state index contributed by atoms with van der Waals surface area (Å²) in [5, 5.41) is 9.28. The number of hydrogen-bond acceptors (Lipinski definition) is 1. The summed E-state index contributed by atoms with van der Waals surface area (Å²) in [5.41, 5.74) is 1.16. The van der Waals surface area contributed by atoms with Crippen molar-refractivity contribution in [3.8, 4) is 0 Å². The summed E-state index contributed by atoms with van der Waals surface area (Å²) in [7, 11) is 0. The Bertz CT molecular complexity index is 307. The first-order valence-electron chi connectivity index (χ1n) is 3.67. The van der Waals surface area contributed by atoms with Crippen LogP contribution in [0.1, 0.15) is 22.8 Å². The average molecular weight is 185 g/mol. The van der Waals surface area contributed by atoms with Gasteiger partial charge in [0.1, 0.15) is 0 Å². The zero-order valence-corrected chi connectivity index (χ0v) is 7.43. The molecule has 1 aromatic carbocycles. The highest BCUT2D eigenvalue weighted by molar-refractivity contribution is 6.31. The van der Waals surface area contributed by atoms with E-state index in [0.29, 0.717) is 5.02 Å². The normalized spacial score (nSPS) is 9.83. The maximum absolute atomic E-state index is 10.5. The molecule has 0 fully saturated rings. The summed E-state index contributed by atoms with van der Waals surface area (Å²) in [6.07, 6.45) is 0.750. The van der Waals surface area contributed by atoms with Crippen LogP contribution >= 0.6 is 11.6 Å². The molecule has 0 unspecified atom stereocenters. The number of hydrogen-bond donors (Lipinski definition) is 1. The molecule has 0 aromatic heterocycles. The number of carboxylic acid groups (broad SMARTS) is 1. The van der Waals surface area contributed by atoms with Crippen molar-refractivity contribution >= 4 is 17.6 Å². The van der Waals surface area contributed by atoms with Crippen LogP contribution in [-0.4, -0.2) is 11.1 Å². The van der Waals surface area contributed by atoms with Crippen molar-refractivity contribution in [2.45, 2.75) is 13.3 Å². The fourth-order valence-corrected chi connectivity index (χ4v) is 1.23. The maximum atomic E-state index is 10.5. The molecule has 0 saturated carbocycles. The van der Waals surface area contributed by atoms with Gasteiger partial charge in [-0.25, -0.2) is 4.79 Å². The molecular formula is C9H9ClO2. The minimum atomic E-state index is -0.915. The van der Waals surface area contributed by atoms with Crippen LogP contribution in [0.3, 0.4) is 0 Å². The molecule has 0 aliphatic heterocycles. The van der Waals surface area contributed by atoms with Gasteiger partial charge in [0.25, 0.3) is 0 Å². The van der Waals surface area contributed by atoms with Gasteiger partial charge in [-0.3, -0.25) is 0 Å². The molecule has 0 aliphatic rings. The second-order valence-electron chi connectivity index (χ2n) is 2.46. The number of aromatic carboxylic acids is 1. The minimum absolute atomic E-state index is 0.288. The summed E-state index contributed by atoms with van der Waals surface area (Å²) < 4.78 is 0. The van der Waals surface area contributed by atoms with Gasteiger partial charge < -0.3 is 5.11 Å². The molecule has 0 radical (unpaired) electrons. The van der Waals surface area contributed by atoms with E-state index in [0.717, 1.165) is 12.0 Å². The maximum Gasteiger partial charge on any atom is 0.335 e. The van der Waals surface area contributed by atoms with Crippen molar-refractivity contribution in [2.75, 3.05) is 0 Å². The van der Waals surface area contributed by atoms with Gasteiger partial charge in [-0.1, -0.05) is 18.5 Å². The predicted molar refractivity (Wildman–Crippen MR) is 47.8 cm³/mol. The van der Waals surface area contributed by atoms with Crippen LogP contribution in [-0.2, 0) is 6.42 Å². The molecule has 1 rings (SSSR count). The van der Waals surface area contributed by atoms with E-state index in [1.54, 1.807) is 12.1 Å². The van der Waals surface area contributed by atoms with Crippen molar-refractivity contribution in [3.63, 3.8) is 0 Å². The lowest BCUT2D eigenvalue weighted by Crippen LogP contribution is -1.97. The molecule has 64 valence electrons. The topological polar surface area (TPSA) is 37.3 Å². The molecule has 0 spiro atoms. The minimum Gasteiger partial charge on any atom is -0.478 e. The molecule has 1 N–H and O–H groups in total. The van der Waals surface area contributed by atoms with Crippen molar-refractivity contribution < 1.29 is 9.90 Å². The lowest BCUT2D eigenvalue weighted by atomic mass is 10.1. The van der Waals surface area contributed by atoms with Gasteiger partial charge in [0.05, 0.1) is 5.56 Å². The Balaban J connectivity index is 3.13. The summed E-state index contributed by atoms with van der Waals surface area (Å²) in [6, 6.07) is 4.72. The zero-order chi connectivity index (χ0) is 9.14. The molecular weight excluding hydrogens is 176 g/mol. The Morgan fingerprint density at radius 2 is 2.25 bits per heavy atom. The Morgan fingerprint density at radius 3 is 2.75 bits per heavy atom. The standard InChI is InChI=1S/C9H9ClO2/c1-2-6-5-7(9(11)12)3-4-8(6)10/h3-5H,2H2,1H3,(H,11,12). The van der Waals surface area contributed by atoms with E-state index >= 15 is 0 Å². The third kappa shape index (κ3) is 1.77. The highest BCUT2D eigenvalue weighted by Crippen LogP contribution is 2.17. The predicted octanol–water partition coefficient (Wildman–Crippen LogP) is 2.60. The molecule has 0 saturated heterocycles. The number of benzene rings is 1. The Hall–Kier alpha value is -1.02. The van der Waals surface area contributed by atoms with Gasteiger partial charge in [0, 0.05) is 5.02 Å². The largest absolute Gasteiger partial charge is 0.478 e. The third-order valence-corrected chi connectivity index (χ3v) is 2.04. The van der Waals surface area contributed by atoms with E-state index < -0.39 is 5.97 Å². The third-order valence-electron chi connectivity index (χ3n) is 1.67. The van der Waals surface area contributed by atoms with E-state index in [9.17, 15) is 4.79 Å². The van der Waals surface area contributed by atoms with Crippen molar-refractivity contribution in [1.29, 1.82) is 0 Å². The SMILES string of the molecule is CCc1cc(C(=O)O)ccc1Cl. The molecule has 0 atom stereocenters. The lowest BCUT2D eigenvalue weighted by molar-refractivity contribution is 0.0697. The monoisotopic (exact) mass is 184 g/mol. The van der Waals surface area contributed by atoms with Crippen LogP contribution in [0.4, 0.5) is 0 Å². The van der Waals surface area contributed by atoms with Crippen LogP contribution in [0.15, 0.2) is 18.2 Å². The van der Waals surface area contributed by atoms with Gasteiger partial charge in [-0.2, -0.15) is 0 Å². The fraction of sp³-hybridized carbons (Fsp3) is 0.222. The van der Waals surface area contributed by atoms with E-state index in [4.69, 9.17) is 16.7 Å². The summed E-state index contributed by atoms with van der Waals surface area (Å²) in [5.74, 6) is -0.915. The second kappa shape index (κ2) is 3.59. The van der Waals surface area contributed by atoms with Crippen LogP contribution in [0.2, 0.25) is 5.02 Å². The van der Waals surface area contributed by atoms with Crippen molar-refractivity contribution in [2.24, 2.45) is 0 Å². The van der Waals surface area contributed by atoms with Gasteiger partial charge >= 0.3 is 5.97 Å². The first kappa shape index (κ1) is 9.07. The first-order chi connectivity index (χ1) is 5.65. The van der Waals surface area contributed by atoms with Crippen LogP contribution in [0.25, 0.3) is 0 Å². The smallest absolute Gasteiger partial charge is 0.335 e. The van der Waals surface area contributed by atoms with Crippen LogP contribution in [0, 0.1) is 0 Å². The summed E-state index contributed by atoms with van der Waals surface area (Å²) in [6.45, 7) is 1.94. The van der Waals surface area contributed by atoms with Gasteiger partial charge in [-0.05, 0) is 30.2 Å². The summed E-state index contributed by atoms with van der Waals surface area (Å²) in [4.78, 5) is 10.5. The van der Waals surface area contributed by atoms with Gasteiger partial charge in [0.15, 0.2) is 0 Å². The molecule has 0 heterocycles. The Labute approximate surface area is 75.8 Å². The quantitative estimate of drug-likeness (QED) is 0.767. The number of rotatable bonds is 2. The van der Waals surface area contributed by atoms with E-state index in [1.807, 2.05) is 6.92 Å². The molecule has 3 heteroatoms. The van der Waals surface area contributed by atoms with E-state index in [-0.39, 0.29) is 5.56 Å². The second-order valence-corrected chi connectivity index (χ2v) is 2.87. The van der Waals surface area contributed by atoms with Crippen molar-refractivity contribution in [1.82, 2.24) is 0 Å². The molecule has 0 bridgehead atoms. The molecule has 1 aromatic rings. The highest BCUT2D eigenvalue weighted by Gasteiger charge is 2.04. The first-order valence-corrected chi connectivity index (χ1v) is 4.04. The average Bonchev–Trinajstić information content (AvgIpc) is 2.05. The highest BCUT2D eigenvalue weighted by atomic mass is 35.5. The summed E-state index contributed by atoms with van der Waals surface area (Å²) >= 11 is 5.81. The molecule has 12 heavy (non-hydrogen) atoms. The lowest BCUT2D eigenvalue weighted by Gasteiger charge is -2.01. The van der Waals surface area contributed by atoms with Gasteiger partial charge in [-0.15, -0.1) is 0 Å². The number of carboxylic acids is 1. The van der Waals surface area contributed by atoms with E-state index in [1.165, 1.54) is 6.07 Å². The molecule has 0 aliphatic carbocycles. The zero-order valence-electron chi connectivity index (χ0n) is 6.67. The Kier molecular flexibility index (Phi) is 2.71. The Morgan fingerprint density at radius 1 is 1.58 bits per heavy atom. The van der Waals surface area contributed by atoms with Crippen LogP contribution in [0.5, 0.6) is 0 Å². The molecule has 0 amide bonds. The van der Waals surface area contributed by atoms with Gasteiger partial charge in [0.2, 0.25) is 0 Å². The van der Waals surface area contributed by atoms with E-state index in [2.05, 4.69) is 0 Å².